The van der Waals surface area contributed by atoms with E-state index in [1.807, 2.05) is 0 Å². The van der Waals surface area contributed by atoms with Crippen molar-refractivity contribution in [1.82, 2.24) is 4.90 Å². The highest BCUT2D eigenvalue weighted by atomic mass is 35.5. The van der Waals surface area contributed by atoms with Crippen LogP contribution >= 0.6 is 11.6 Å². The van der Waals surface area contributed by atoms with Gasteiger partial charge in [-0.05, 0) is 36.6 Å². The second-order valence-corrected chi connectivity index (χ2v) is 5.42. The van der Waals surface area contributed by atoms with Crippen LogP contribution in [0.1, 0.15) is 18.4 Å². The zero-order valence-electron chi connectivity index (χ0n) is 11.4. The summed E-state index contributed by atoms with van der Waals surface area (Å²) < 4.78 is 13.0. The molecular weight excluding hydrogens is 295 g/mol. The van der Waals surface area contributed by atoms with E-state index in [-0.39, 0.29) is 22.8 Å². The summed E-state index contributed by atoms with van der Waals surface area (Å²) in [5.74, 6) is -1.08. The Morgan fingerprint density at radius 3 is 2.57 bits per heavy atom. The van der Waals surface area contributed by atoms with Crippen LogP contribution in [0.15, 0.2) is 24.3 Å². The third-order valence-electron chi connectivity index (χ3n) is 3.57. The van der Waals surface area contributed by atoms with Gasteiger partial charge in [0.15, 0.2) is 0 Å². The number of nitrogens with two attached hydrogens (primary N) is 1. The number of likely N-dealkylation sites (tertiary alicyclic amines) is 1. The summed E-state index contributed by atoms with van der Waals surface area (Å²) in [6.07, 6.45) is 4.20. The van der Waals surface area contributed by atoms with Crippen molar-refractivity contribution >= 4 is 29.5 Å². The first-order valence-corrected chi connectivity index (χ1v) is 7.06. The molecule has 21 heavy (non-hydrogen) atoms. The Morgan fingerprint density at radius 2 is 2.00 bits per heavy atom. The van der Waals surface area contributed by atoms with E-state index < -0.39 is 5.82 Å². The lowest BCUT2D eigenvalue weighted by Gasteiger charge is -2.29. The van der Waals surface area contributed by atoms with Crippen LogP contribution in [0, 0.1) is 11.7 Å². The highest BCUT2D eigenvalue weighted by molar-refractivity contribution is 6.30. The zero-order chi connectivity index (χ0) is 15.4. The van der Waals surface area contributed by atoms with E-state index in [9.17, 15) is 14.0 Å². The van der Waals surface area contributed by atoms with Crippen LogP contribution in [0.4, 0.5) is 4.39 Å². The summed E-state index contributed by atoms with van der Waals surface area (Å²) in [4.78, 5) is 24.7. The van der Waals surface area contributed by atoms with E-state index >= 15 is 0 Å². The Morgan fingerprint density at radius 1 is 1.33 bits per heavy atom. The molecule has 0 aliphatic carbocycles. The van der Waals surface area contributed by atoms with Gasteiger partial charge < -0.3 is 10.6 Å². The number of amides is 2. The van der Waals surface area contributed by atoms with Crippen LogP contribution in [0.3, 0.4) is 0 Å². The molecular formula is C15H16ClFN2O2. The lowest BCUT2D eigenvalue weighted by molar-refractivity contribution is -0.130. The number of benzene rings is 1. The van der Waals surface area contributed by atoms with Crippen LogP contribution in [-0.2, 0) is 9.59 Å². The van der Waals surface area contributed by atoms with E-state index in [2.05, 4.69) is 0 Å². The SMILES string of the molecule is NC(=O)C1CCN(C(=O)C=Cc2ccc(F)c(Cl)c2)CC1. The predicted molar refractivity (Wildman–Crippen MR) is 78.9 cm³/mol. The molecule has 0 aromatic heterocycles. The van der Waals surface area contributed by atoms with Crippen molar-refractivity contribution in [3.8, 4) is 0 Å². The molecule has 1 fully saturated rings. The molecule has 0 atom stereocenters. The second kappa shape index (κ2) is 6.72. The standard InChI is InChI=1S/C15H16ClFN2O2/c16-12-9-10(1-3-13(12)17)2-4-14(20)19-7-5-11(6-8-19)15(18)21/h1-4,9,11H,5-8H2,(H2,18,21). The molecule has 1 saturated heterocycles. The van der Waals surface area contributed by atoms with Crippen molar-refractivity contribution < 1.29 is 14.0 Å². The zero-order valence-corrected chi connectivity index (χ0v) is 12.1. The number of primary amides is 1. The molecule has 0 bridgehead atoms. The molecule has 0 unspecified atom stereocenters. The molecule has 2 rings (SSSR count). The van der Waals surface area contributed by atoms with Gasteiger partial charge in [0.25, 0.3) is 0 Å². The van der Waals surface area contributed by atoms with E-state index in [1.165, 1.54) is 18.2 Å². The van der Waals surface area contributed by atoms with Gasteiger partial charge >= 0.3 is 0 Å². The number of hydrogen-bond donors (Lipinski definition) is 1. The highest BCUT2D eigenvalue weighted by Crippen LogP contribution is 2.18. The van der Waals surface area contributed by atoms with E-state index in [0.29, 0.717) is 31.5 Å². The molecule has 0 saturated carbocycles. The Balaban J connectivity index is 1.94. The fourth-order valence-electron chi connectivity index (χ4n) is 2.27. The second-order valence-electron chi connectivity index (χ2n) is 5.01. The van der Waals surface area contributed by atoms with Gasteiger partial charge in [-0.2, -0.15) is 0 Å². The predicted octanol–water partition coefficient (Wildman–Crippen LogP) is 2.22. The lowest BCUT2D eigenvalue weighted by Crippen LogP contribution is -2.41. The fourth-order valence-corrected chi connectivity index (χ4v) is 2.46. The third-order valence-corrected chi connectivity index (χ3v) is 3.86. The number of carbonyl (C=O) groups excluding carboxylic acids is 2. The minimum Gasteiger partial charge on any atom is -0.369 e. The molecule has 1 aromatic carbocycles. The molecule has 1 aliphatic heterocycles. The van der Waals surface area contributed by atoms with E-state index in [0.717, 1.165) is 0 Å². The maximum absolute atomic E-state index is 13.0. The number of piperidine rings is 1. The normalized spacial score (nSPS) is 16.4. The lowest BCUT2D eigenvalue weighted by atomic mass is 9.96. The summed E-state index contributed by atoms with van der Waals surface area (Å²) in [7, 11) is 0. The van der Waals surface area contributed by atoms with Gasteiger partial charge in [0.1, 0.15) is 5.82 Å². The number of carbonyl (C=O) groups is 2. The molecule has 2 N–H and O–H groups in total. The molecule has 6 heteroatoms. The summed E-state index contributed by atoms with van der Waals surface area (Å²) in [5, 5.41) is 0.0203. The first-order valence-electron chi connectivity index (χ1n) is 6.68. The van der Waals surface area contributed by atoms with Gasteiger partial charge in [-0.3, -0.25) is 9.59 Å². The number of nitrogens with zero attached hydrogens (tertiary/aromatic N) is 1. The minimum atomic E-state index is -0.492. The van der Waals surface area contributed by atoms with Gasteiger partial charge in [-0.25, -0.2) is 4.39 Å². The fraction of sp³-hybridized carbons (Fsp3) is 0.333. The summed E-state index contributed by atoms with van der Waals surface area (Å²) in [6.45, 7) is 1.03. The van der Waals surface area contributed by atoms with Gasteiger partial charge in [-0.15, -0.1) is 0 Å². The molecule has 4 nitrogen and oxygen atoms in total. The van der Waals surface area contributed by atoms with Crippen molar-refractivity contribution in [3.63, 3.8) is 0 Å². The largest absolute Gasteiger partial charge is 0.369 e. The first kappa shape index (κ1) is 15.5. The minimum absolute atomic E-state index is 0.0203. The van der Waals surface area contributed by atoms with Crippen molar-refractivity contribution in [2.45, 2.75) is 12.8 Å². The van der Waals surface area contributed by atoms with Gasteiger partial charge in [0, 0.05) is 25.1 Å². The Labute approximate surface area is 127 Å². The van der Waals surface area contributed by atoms with Crippen LogP contribution in [0.5, 0.6) is 0 Å². The molecule has 2 amide bonds. The van der Waals surface area contributed by atoms with Crippen LogP contribution in [0.25, 0.3) is 6.08 Å². The highest BCUT2D eigenvalue weighted by Gasteiger charge is 2.24. The van der Waals surface area contributed by atoms with Crippen LogP contribution < -0.4 is 5.73 Å². The number of hydrogen-bond acceptors (Lipinski definition) is 2. The van der Waals surface area contributed by atoms with Crippen molar-refractivity contribution in [1.29, 1.82) is 0 Å². The third kappa shape index (κ3) is 4.04. The topological polar surface area (TPSA) is 63.4 Å². The quantitative estimate of drug-likeness (QED) is 0.870. The maximum Gasteiger partial charge on any atom is 0.246 e. The van der Waals surface area contributed by atoms with Crippen molar-refractivity contribution in [2.75, 3.05) is 13.1 Å². The molecule has 112 valence electrons. The smallest absolute Gasteiger partial charge is 0.246 e. The average molecular weight is 311 g/mol. The average Bonchev–Trinajstić information content (AvgIpc) is 2.48. The Bertz CT molecular complexity index is 581. The van der Waals surface area contributed by atoms with Crippen LogP contribution in [0.2, 0.25) is 5.02 Å². The summed E-state index contributed by atoms with van der Waals surface area (Å²) in [6, 6.07) is 4.26. The molecule has 0 radical (unpaired) electrons. The maximum atomic E-state index is 13.0. The van der Waals surface area contributed by atoms with Crippen LogP contribution in [-0.4, -0.2) is 29.8 Å². The number of rotatable bonds is 3. The van der Waals surface area contributed by atoms with E-state index in [1.54, 1.807) is 17.0 Å². The molecule has 1 heterocycles. The van der Waals surface area contributed by atoms with Gasteiger partial charge in [-0.1, -0.05) is 17.7 Å². The molecule has 1 aromatic rings. The molecule has 1 aliphatic rings. The first-order chi connectivity index (χ1) is 9.97. The molecule has 0 spiro atoms. The Kier molecular flexibility index (Phi) is 4.96. The van der Waals surface area contributed by atoms with Gasteiger partial charge in [0.2, 0.25) is 11.8 Å². The Hall–Kier alpha value is -1.88. The van der Waals surface area contributed by atoms with Crippen molar-refractivity contribution in [3.05, 3.63) is 40.7 Å². The summed E-state index contributed by atoms with van der Waals surface area (Å²) in [5.41, 5.74) is 5.90. The number of halogens is 2. The summed E-state index contributed by atoms with van der Waals surface area (Å²) >= 11 is 5.68. The monoisotopic (exact) mass is 310 g/mol. The van der Waals surface area contributed by atoms with Gasteiger partial charge in [0.05, 0.1) is 5.02 Å². The van der Waals surface area contributed by atoms with E-state index in [4.69, 9.17) is 17.3 Å². The van der Waals surface area contributed by atoms with Crippen molar-refractivity contribution in [2.24, 2.45) is 11.7 Å².